The third kappa shape index (κ3) is 3.97. The molecule has 15 heavy (non-hydrogen) atoms. The fourth-order valence-corrected chi connectivity index (χ4v) is 2.01. The quantitative estimate of drug-likeness (QED) is 0.783. The van der Waals surface area contributed by atoms with Crippen molar-refractivity contribution in [2.24, 2.45) is 11.7 Å². The molecule has 1 rings (SSSR count). The van der Waals surface area contributed by atoms with E-state index in [0.29, 0.717) is 12.5 Å². The number of carbonyl (C=O) groups excluding carboxylic acids is 1. The zero-order chi connectivity index (χ0) is 10.6. The van der Waals surface area contributed by atoms with Gasteiger partial charge in [-0.05, 0) is 18.8 Å². The average molecular weight is 237 g/mol. The fourth-order valence-electron chi connectivity index (χ4n) is 2.01. The number of likely N-dealkylation sites (tertiary alicyclic amines) is 1. The van der Waals surface area contributed by atoms with Crippen molar-refractivity contribution in [1.29, 1.82) is 0 Å². The lowest BCUT2D eigenvalue weighted by Crippen LogP contribution is -2.50. The van der Waals surface area contributed by atoms with E-state index in [1.165, 1.54) is 0 Å². The summed E-state index contributed by atoms with van der Waals surface area (Å²) >= 11 is 0. The Bertz CT molecular complexity index is 202. The number of carbonyl (C=O) groups is 1. The zero-order valence-corrected chi connectivity index (χ0v) is 10.3. The van der Waals surface area contributed by atoms with Gasteiger partial charge in [0, 0.05) is 26.2 Å². The van der Waals surface area contributed by atoms with Gasteiger partial charge in [-0.2, -0.15) is 0 Å². The van der Waals surface area contributed by atoms with Crippen molar-refractivity contribution in [2.45, 2.75) is 25.8 Å². The highest BCUT2D eigenvalue weighted by molar-refractivity contribution is 5.85. The van der Waals surface area contributed by atoms with Gasteiger partial charge in [0.15, 0.2) is 0 Å². The van der Waals surface area contributed by atoms with Crippen LogP contribution in [0.5, 0.6) is 0 Å². The molecule has 2 atom stereocenters. The number of rotatable bonds is 3. The Morgan fingerprint density at radius 1 is 1.60 bits per heavy atom. The van der Waals surface area contributed by atoms with Crippen molar-refractivity contribution in [3.8, 4) is 0 Å². The van der Waals surface area contributed by atoms with Gasteiger partial charge < -0.3 is 15.4 Å². The lowest BCUT2D eigenvalue weighted by molar-refractivity contribution is -0.139. The molecular weight excluding hydrogens is 216 g/mol. The second-order valence-electron chi connectivity index (χ2n) is 4.04. The van der Waals surface area contributed by atoms with Crippen LogP contribution in [0.2, 0.25) is 0 Å². The van der Waals surface area contributed by atoms with E-state index >= 15 is 0 Å². The highest BCUT2D eigenvalue weighted by Crippen LogP contribution is 2.21. The first kappa shape index (κ1) is 14.7. The topological polar surface area (TPSA) is 55.6 Å². The van der Waals surface area contributed by atoms with Crippen molar-refractivity contribution in [3.63, 3.8) is 0 Å². The van der Waals surface area contributed by atoms with Crippen molar-refractivity contribution in [3.05, 3.63) is 0 Å². The molecule has 0 spiro atoms. The Kier molecular flexibility index (Phi) is 6.89. The van der Waals surface area contributed by atoms with Crippen molar-refractivity contribution in [2.75, 3.05) is 26.8 Å². The minimum Gasteiger partial charge on any atom is -0.375 e. The number of amides is 1. The number of ether oxygens (including phenoxy) is 1. The van der Waals surface area contributed by atoms with E-state index in [0.717, 1.165) is 19.4 Å². The van der Waals surface area contributed by atoms with Gasteiger partial charge in [-0.1, -0.05) is 6.92 Å². The van der Waals surface area contributed by atoms with Crippen LogP contribution in [0.3, 0.4) is 0 Å². The molecule has 0 bridgehead atoms. The summed E-state index contributed by atoms with van der Waals surface area (Å²) in [7, 11) is 1.54. The molecule has 0 aromatic heterocycles. The minimum atomic E-state index is 0. The highest BCUT2D eigenvalue weighted by Gasteiger charge is 2.28. The summed E-state index contributed by atoms with van der Waals surface area (Å²) in [5.41, 5.74) is 5.66. The molecule has 0 aromatic rings. The highest BCUT2D eigenvalue weighted by atomic mass is 35.5. The summed E-state index contributed by atoms with van der Waals surface area (Å²) in [6.07, 6.45) is 2.10. The number of hydrogen-bond donors (Lipinski definition) is 1. The standard InChI is InChI=1S/C10H20N2O2.ClH/c1-8-3-4-12(9(5-8)6-11)10(13)7-14-2;/h8-9H,3-7,11H2,1-2H3;1H. The van der Waals surface area contributed by atoms with Crippen molar-refractivity contribution < 1.29 is 9.53 Å². The zero-order valence-electron chi connectivity index (χ0n) is 9.44. The Balaban J connectivity index is 0.00000196. The normalized spacial score (nSPS) is 25.9. The van der Waals surface area contributed by atoms with Crippen LogP contribution in [0, 0.1) is 5.92 Å². The van der Waals surface area contributed by atoms with Gasteiger partial charge in [0.05, 0.1) is 0 Å². The molecule has 1 amide bonds. The van der Waals surface area contributed by atoms with Crippen LogP contribution in [0.15, 0.2) is 0 Å². The molecule has 1 aliphatic heterocycles. The summed E-state index contributed by atoms with van der Waals surface area (Å²) in [6.45, 7) is 3.76. The molecule has 1 aliphatic rings. The number of nitrogens with two attached hydrogens (primary N) is 1. The van der Waals surface area contributed by atoms with Gasteiger partial charge in [0.25, 0.3) is 0 Å². The third-order valence-electron chi connectivity index (χ3n) is 2.84. The molecule has 5 heteroatoms. The van der Waals surface area contributed by atoms with Crippen LogP contribution in [-0.2, 0) is 9.53 Å². The predicted octanol–water partition coefficient (Wildman–Crippen LogP) is 0.640. The van der Waals surface area contributed by atoms with Gasteiger partial charge in [-0.15, -0.1) is 12.4 Å². The molecule has 2 unspecified atom stereocenters. The minimum absolute atomic E-state index is 0. The van der Waals surface area contributed by atoms with E-state index in [2.05, 4.69) is 6.92 Å². The maximum atomic E-state index is 11.6. The summed E-state index contributed by atoms with van der Waals surface area (Å²) in [4.78, 5) is 13.5. The Labute approximate surface area is 97.5 Å². The van der Waals surface area contributed by atoms with E-state index in [4.69, 9.17) is 10.5 Å². The predicted molar refractivity (Wildman–Crippen MR) is 62.1 cm³/mol. The van der Waals surface area contributed by atoms with Crippen LogP contribution in [0.25, 0.3) is 0 Å². The van der Waals surface area contributed by atoms with Crippen LogP contribution in [0.4, 0.5) is 0 Å². The van der Waals surface area contributed by atoms with Gasteiger partial charge in [-0.3, -0.25) is 4.79 Å². The monoisotopic (exact) mass is 236 g/mol. The first-order chi connectivity index (χ1) is 6.69. The van der Waals surface area contributed by atoms with Gasteiger partial charge >= 0.3 is 0 Å². The molecule has 1 saturated heterocycles. The largest absolute Gasteiger partial charge is 0.375 e. The number of nitrogens with zero attached hydrogens (tertiary/aromatic N) is 1. The Morgan fingerprint density at radius 3 is 2.80 bits per heavy atom. The van der Waals surface area contributed by atoms with E-state index in [1.54, 1.807) is 7.11 Å². The van der Waals surface area contributed by atoms with Crippen LogP contribution >= 0.6 is 12.4 Å². The molecule has 1 fully saturated rings. The molecule has 0 aromatic carbocycles. The molecule has 90 valence electrons. The number of piperidine rings is 1. The Hall–Kier alpha value is -0.320. The first-order valence-corrected chi connectivity index (χ1v) is 5.17. The van der Waals surface area contributed by atoms with Crippen LogP contribution in [-0.4, -0.2) is 43.7 Å². The summed E-state index contributed by atoms with van der Waals surface area (Å²) in [5.74, 6) is 0.741. The Morgan fingerprint density at radius 2 is 2.27 bits per heavy atom. The van der Waals surface area contributed by atoms with E-state index in [-0.39, 0.29) is 31.0 Å². The third-order valence-corrected chi connectivity index (χ3v) is 2.84. The number of halogens is 1. The van der Waals surface area contributed by atoms with E-state index < -0.39 is 0 Å². The van der Waals surface area contributed by atoms with Gasteiger partial charge in [0.2, 0.25) is 5.91 Å². The van der Waals surface area contributed by atoms with Gasteiger partial charge in [-0.25, -0.2) is 0 Å². The molecule has 4 nitrogen and oxygen atoms in total. The first-order valence-electron chi connectivity index (χ1n) is 5.17. The number of hydrogen-bond acceptors (Lipinski definition) is 3. The molecule has 0 aliphatic carbocycles. The lowest BCUT2D eigenvalue weighted by atomic mass is 9.92. The van der Waals surface area contributed by atoms with Crippen LogP contribution in [0.1, 0.15) is 19.8 Å². The molecular formula is C10H21ClN2O2. The fraction of sp³-hybridized carbons (Fsp3) is 0.900. The molecule has 2 N–H and O–H groups in total. The second kappa shape index (κ2) is 7.04. The van der Waals surface area contributed by atoms with E-state index in [9.17, 15) is 4.79 Å². The summed E-state index contributed by atoms with van der Waals surface area (Å²) < 4.78 is 4.84. The molecule has 0 saturated carbocycles. The van der Waals surface area contributed by atoms with Crippen molar-refractivity contribution in [1.82, 2.24) is 4.90 Å². The molecule has 1 heterocycles. The van der Waals surface area contributed by atoms with Crippen LogP contribution < -0.4 is 5.73 Å². The SMILES string of the molecule is COCC(=O)N1CCC(C)CC1CN.Cl. The van der Waals surface area contributed by atoms with Crippen molar-refractivity contribution >= 4 is 18.3 Å². The second-order valence-corrected chi connectivity index (χ2v) is 4.04. The number of methoxy groups -OCH3 is 1. The lowest BCUT2D eigenvalue weighted by Gasteiger charge is -2.37. The maximum Gasteiger partial charge on any atom is 0.248 e. The maximum absolute atomic E-state index is 11.6. The van der Waals surface area contributed by atoms with E-state index in [1.807, 2.05) is 4.90 Å². The van der Waals surface area contributed by atoms with Gasteiger partial charge in [0.1, 0.15) is 6.61 Å². The summed E-state index contributed by atoms with van der Waals surface area (Å²) in [6, 6.07) is 0.210. The smallest absolute Gasteiger partial charge is 0.248 e. The average Bonchev–Trinajstić information content (AvgIpc) is 2.17. The summed E-state index contributed by atoms with van der Waals surface area (Å²) in [5, 5.41) is 0. The molecule has 0 radical (unpaired) electrons.